The fourth-order valence-corrected chi connectivity index (χ4v) is 3.15. The zero-order valence-electron chi connectivity index (χ0n) is 16.4. The van der Waals surface area contributed by atoms with Gasteiger partial charge in [0.25, 0.3) is 11.6 Å². The molecule has 1 aromatic carbocycles. The smallest absolute Gasteiger partial charge is 0.269 e. The summed E-state index contributed by atoms with van der Waals surface area (Å²) in [4.78, 5) is 28.0. The van der Waals surface area contributed by atoms with Crippen LogP contribution in [-0.4, -0.2) is 25.6 Å². The van der Waals surface area contributed by atoms with E-state index in [2.05, 4.69) is 15.4 Å². The Morgan fingerprint density at radius 2 is 2.03 bits per heavy atom. The van der Waals surface area contributed by atoms with Crippen molar-refractivity contribution in [1.82, 2.24) is 20.1 Å². The molecule has 0 atom stereocenters. The number of non-ortho nitro benzene ring substituents is 1. The normalized spacial score (nSPS) is 11.2. The number of fused-ring (bicyclic) bond motifs is 1. The van der Waals surface area contributed by atoms with Crippen LogP contribution in [0.2, 0.25) is 0 Å². The highest BCUT2D eigenvalue weighted by Gasteiger charge is 2.19. The minimum absolute atomic E-state index is 0.00473. The molecule has 0 aliphatic carbocycles. The number of carbonyl (C=O) groups is 1. The van der Waals surface area contributed by atoms with E-state index in [1.807, 2.05) is 13.8 Å². The number of nitrogens with zero attached hydrogens (tertiary/aromatic N) is 4. The molecule has 9 heteroatoms. The number of benzene rings is 1. The monoisotopic (exact) mass is 405 g/mol. The number of nitro groups is 1. The number of aromatic nitrogens is 3. The molecule has 9 nitrogen and oxygen atoms in total. The first-order chi connectivity index (χ1) is 14.4. The molecule has 0 saturated carbocycles. The number of nitrogens with one attached hydrogen (secondary N) is 1. The lowest BCUT2D eigenvalue weighted by molar-refractivity contribution is -0.384. The molecule has 0 spiro atoms. The Morgan fingerprint density at radius 1 is 1.27 bits per heavy atom. The van der Waals surface area contributed by atoms with E-state index < -0.39 is 4.92 Å². The third kappa shape index (κ3) is 3.64. The second-order valence-electron chi connectivity index (χ2n) is 7.06. The lowest BCUT2D eigenvalue weighted by Gasteiger charge is -2.10. The maximum absolute atomic E-state index is 13.0. The van der Waals surface area contributed by atoms with Crippen molar-refractivity contribution in [2.45, 2.75) is 26.4 Å². The van der Waals surface area contributed by atoms with E-state index in [0.717, 1.165) is 5.56 Å². The second kappa shape index (κ2) is 7.78. The van der Waals surface area contributed by atoms with Gasteiger partial charge in [-0.3, -0.25) is 14.9 Å². The van der Waals surface area contributed by atoms with E-state index in [9.17, 15) is 14.9 Å². The number of carbonyl (C=O) groups excluding carboxylic acids is 1. The Bertz CT molecular complexity index is 1210. The summed E-state index contributed by atoms with van der Waals surface area (Å²) in [6.07, 6.45) is 3.18. The first kappa shape index (κ1) is 19.3. The summed E-state index contributed by atoms with van der Waals surface area (Å²) >= 11 is 0. The second-order valence-corrected chi connectivity index (χ2v) is 7.06. The number of hydrogen-bond acceptors (Lipinski definition) is 6. The molecule has 1 N–H and O–H groups in total. The van der Waals surface area contributed by atoms with Gasteiger partial charge in [0.1, 0.15) is 5.69 Å². The van der Waals surface area contributed by atoms with Crippen molar-refractivity contribution >= 4 is 22.6 Å². The Labute approximate surface area is 171 Å². The number of hydrogen-bond donors (Lipinski definition) is 1. The summed E-state index contributed by atoms with van der Waals surface area (Å²) in [5, 5.41) is 18.7. The number of furan rings is 1. The zero-order valence-corrected chi connectivity index (χ0v) is 16.4. The number of rotatable bonds is 6. The minimum atomic E-state index is -0.460. The summed E-state index contributed by atoms with van der Waals surface area (Å²) in [6.45, 7) is 4.21. The van der Waals surface area contributed by atoms with Gasteiger partial charge >= 0.3 is 0 Å². The van der Waals surface area contributed by atoms with Crippen LogP contribution < -0.4 is 5.32 Å². The molecule has 1 amide bonds. The van der Waals surface area contributed by atoms with Crippen molar-refractivity contribution in [3.63, 3.8) is 0 Å². The van der Waals surface area contributed by atoms with E-state index >= 15 is 0 Å². The molecule has 0 unspecified atom stereocenters. The fourth-order valence-electron chi connectivity index (χ4n) is 3.15. The average Bonchev–Trinajstić information content (AvgIpc) is 3.41. The van der Waals surface area contributed by atoms with Crippen LogP contribution in [0.15, 0.2) is 59.3 Å². The molecular weight excluding hydrogens is 386 g/mol. The molecule has 0 bridgehead atoms. The molecule has 4 rings (SSSR count). The minimum Gasteiger partial charge on any atom is -0.463 e. The Balaban J connectivity index is 1.66. The number of pyridine rings is 1. The van der Waals surface area contributed by atoms with Gasteiger partial charge in [-0.15, -0.1) is 0 Å². The van der Waals surface area contributed by atoms with Gasteiger partial charge in [0.05, 0.1) is 28.3 Å². The highest BCUT2D eigenvalue weighted by Crippen LogP contribution is 2.26. The predicted molar refractivity (Wildman–Crippen MR) is 110 cm³/mol. The van der Waals surface area contributed by atoms with Crippen LogP contribution >= 0.6 is 0 Å². The highest BCUT2D eigenvalue weighted by atomic mass is 16.6. The first-order valence-electron chi connectivity index (χ1n) is 9.37. The van der Waals surface area contributed by atoms with Crippen LogP contribution in [0.5, 0.6) is 0 Å². The van der Waals surface area contributed by atoms with Crippen LogP contribution in [0, 0.1) is 10.1 Å². The molecule has 0 aliphatic heterocycles. The van der Waals surface area contributed by atoms with E-state index in [1.165, 1.54) is 12.1 Å². The third-order valence-electron chi connectivity index (χ3n) is 4.67. The number of amides is 1. The summed E-state index contributed by atoms with van der Waals surface area (Å²) in [5.41, 5.74) is 2.32. The molecule has 4 aromatic rings. The Kier molecular flexibility index (Phi) is 5.01. The summed E-state index contributed by atoms with van der Waals surface area (Å²) < 4.78 is 7.22. The predicted octanol–water partition coefficient (Wildman–Crippen LogP) is 4.11. The first-order valence-corrected chi connectivity index (χ1v) is 9.37. The molecule has 0 aliphatic rings. The lowest BCUT2D eigenvalue weighted by atomic mass is 10.1. The summed E-state index contributed by atoms with van der Waals surface area (Å²) in [6, 6.07) is 11.3. The van der Waals surface area contributed by atoms with Gasteiger partial charge < -0.3 is 9.73 Å². The van der Waals surface area contributed by atoms with E-state index in [-0.39, 0.29) is 24.2 Å². The maximum atomic E-state index is 13.0. The average molecular weight is 405 g/mol. The summed E-state index contributed by atoms with van der Waals surface area (Å²) in [7, 11) is 0. The SMILES string of the molecule is CC(C)n1ncc2c(C(=O)NCc3ccc([N+](=O)[O-])cc3)cc(-c3ccco3)nc21. The molecule has 0 radical (unpaired) electrons. The lowest BCUT2D eigenvalue weighted by Crippen LogP contribution is -2.23. The summed E-state index contributed by atoms with van der Waals surface area (Å²) in [5.74, 6) is 0.259. The quantitative estimate of drug-likeness (QED) is 0.381. The van der Waals surface area contributed by atoms with E-state index in [4.69, 9.17) is 4.42 Å². The van der Waals surface area contributed by atoms with E-state index in [1.54, 1.807) is 47.5 Å². The van der Waals surface area contributed by atoms with Gasteiger partial charge in [-0.2, -0.15) is 5.10 Å². The van der Waals surface area contributed by atoms with Gasteiger partial charge in [-0.25, -0.2) is 9.67 Å². The third-order valence-corrected chi connectivity index (χ3v) is 4.67. The van der Waals surface area contributed by atoms with Gasteiger partial charge in [-0.05, 0) is 37.6 Å². The van der Waals surface area contributed by atoms with Gasteiger partial charge in [0.2, 0.25) is 0 Å². The van der Waals surface area contributed by atoms with Gasteiger partial charge in [0, 0.05) is 24.7 Å². The van der Waals surface area contributed by atoms with Crippen molar-refractivity contribution in [3.05, 3.63) is 76.2 Å². The molecule has 0 fully saturated rings. The van der Waals surface area contributed by atoms with E-state index in [0.29, 0.717) is 28.1 Å². The van der Waals surface area contributed by atoms with Crippen molar-refractivity contribution in [1.29, 1.82) is 0 Å². The standard InChI is InChI=1S/C21H19N5O4/c1-13(2)25-20-17(12-23-25)16(10-18(24-20)19-4-3-9-30-19)21(27)22-11-14-5-7-15(8-6-14)26(28)29/h3-10,12-13H,11H2,1-2H3,(H,22,27). The highest BCUT2D eigenvalue weighted by molar-refractivity contribution is 6.06. The molecule has 30 heavy (non-hydrogen) atoms. The van der Waals surface area contributed by atoms with Crippen LogP contribution in [0.3, 0.4) is 0 Å². The van der Waals surface area contributed by atoms with Crippen LogP contribution in [-0.2, 0) is 6.54 Å². The molecule has 152 valence electrons. The molecule has 0 saturated heterocycles. The zero-order chi connectivity index (χ0) is 21.3. The van der Waals surface area contributed by atoms with Gasteiger partial charge in [0.15, 0.2) is 11.4 Å². The molecular formula is C21H19N5O4. The van der Waals surface area contributed by atoms with Crippen LogP contribution in [0.25, 0.3) is 22.5 Å². The Morgan fingerprint density at radius 3 is 2.67 bits per heavy atom. The largest absolute Gasteiger partial charge is 0.463 e. The number of nitro benzene ring substituents is 1. The maximum Gasteiger partial charge on any atom is 0.269 e. The molecule has 3 aromatic heterocycles. The Hall–Kier alpha value is -4.01. The fraction of sp³-hybridized carbons (Fsp3) is 0.190. The van der Waals surface area contributed by atoms with Gasteiger partial charge in [-0.1, -0.05) is 12.1 Å². The van der Waals surface area contributed by atoms with Crippen molar-refractivity contribution in [2.24, 2.45) is 0 Å². The molecule has 3 heterocycles. The van der Waals surface area contributed by atoms with Crippen LogP contribution in [0.4, 0.5) is 5.69 Å². The van der Waals surface area contributed by atoms with Crippen LogP contribution in [0.1, 0.15) is 35.8 Å². The van der Waals surface area contributed by atoms with Crippen molar-refractivity contribution in [3.8, 4) is 11.5 Å². The van der Waals surface area contributed by atoms with Crippen molar-refractivity contribution < 1.29 is 14.1 Å². The van der Waals surface area contributed by atoms with Crippen molar-refractivity contribution in [2.75, 3.05) is 0 Å². The topological polar surface area (TPSA) is 116 Å².